The average molecular weight is 481 g/mol. The van der Waals surface area contributed by atoms with Crippen LogP contribution in [0.5, 0.6) is 0 Å². The van der Waals surface area contributed by atoms with Crippen molar-refractivity contribution >= 4 is 44.7 Å². The summed E-state index contributed by atoms with van der Waals surface area (Å²) in [6, 6.07) is 8.00. The topological polar surface area (TPSA) is 89.4 Å². The van der Waals surface area contributed by atoms with Crippen molar-refractivity contribution in [2.75, 3.05) is 0 Å². The number of rotatable bonds is 7. The predicted octanol–water partition coefficient (Wildman–Crippen LogP) is 5.38. The summed E-state index contributed by atoms with van der Waals surface area (Å²) in [6.45, 7) is 5.00. The highest BCUT2D eigenvalue weighted by Gasteiger charge is 2.17. The highest BCUT2D eigenvalue weighted by Crippen LogP contribution is 2.35. The SMILES string of the molecule is CCCn1c(SCc2nc3scc(-c4ccc(C)s4)c3c(=O)[nH]2)nnc1-c1ccncc1. The van der Waals surface area contributed by atoms with Crippen LogP contribution in [0.4, 0.5) is 0 Å². The number of nitrogens with zero attached hydrogens (tertiary/aromatic N) is 5. The van der Waals surface area contributed by atoms with E-state index in [-0.39, 0.29) is 5.56 Å². The van der Waals surface area contributed by atoms with Crippen molar-refractivity contribution in [3.05, 3.63) is 63.1 Å². The lowest BCUT2D eigenvalue weighted by molar-refractivity contribution is 0.626. The molecule has 0 aliphatic carbocycles. The van der Waals surface area contributed by atoms with E-state index in [9.17, 15) is 4.79 Å². The van der Waals surface area contributed by atoms with Gasteiger partial charge in [0.15, 0.2) is 11.0 Å². The summed E-state index contributed by atoms with van der Waals surface area (Å²) in [5.41, 5.74) is 1.84. The summed E-state index contributed by atoms with van der Waals surface area (Å²) in [4.78, 5) is 27.8. The molecule has 32 heavy (non-hydrogen) atoms. The fourth-order valence-electron chi connectivity index (χ4n) is 3.49. The van der Waals surface area contributed by atoms with Crippen LogP contribution in [0.25, 0.3) is 32.0 Å². The molecule has 1 N–H and O–H groups in total. The molecule has 0 aliphatic heterocycles. The van der Waals surface area contributed by atoms with Gasteiger partial charge >= 0.3 is 0 Å². The molecule has 0 spiro atoms. The fourth-order valence-corrected chi connectivity index (χ4v) is 6.25. The lowest BCUT2D eigenvalue weighted by Gasteiger charge is -2.08. The minimum absolute atomic E-state index is 0.0968. The van der Waals surface area contributed by atoms with Crippen molar-refractivity contribution in [3.8, 4) is 21.8 Å². The second-order valence-electron chi connectivity index (χ2n) is 7.23. The van der Waals surface area contributed by atoms with Crippen LogP contribution in [0, 0.1) is 6.92 Å². The van der Waals surface area contributed by atoms with Crippen LogP contribution in [0.15, 0.2) is 52.0 Å². The molecular weight excluding hydrogens is 460 g/mol. The van der Waals surface area contributed by atoms with Gasteiger partial charge in [0, 0.05) is 45.2 Å². The van der Waals surface area contributed by atoms with E-state index in [1.54, 1.807) is 23.7 Å². The summed E-state index contributed by atoms with van der Waals surface area (Å²) >= 11 is 4.72. The molecule has 7 nitrogen and oxygen atoms in total. The average Bonchev–Trinajstić information content (AvgIpc) is 3.52. The van der Waals surface area contributed by atoms with Gasteiger partial charge in [-0.25, -0.2) is 4.98 Å². The molecule has 5 heterocycles. The molecular formula is C22H20N6OS3. The predicted molar refractivity (Wildman–Crippen MR) is 131 cm³/mol. The molecule has 0 fully saturated rings. The van der Waals surface area contributed by atoms with Gasteiger partial charge in [-0.3, -0.25) is 9.78 Å². The maximum Gasteiger partial charge on any atom is 0.260 e. The van der Waals surface area contributed by atoms with Gasteiger partial charge in [0.25, 0.3) is 5.56 Å². The van der Waals surface area contributed by atoms with Crippen LogP contribution >= 0.6 is 34.4 Å². The number of aromatic nitrogens is 6. The second-order valence-corrected chi connectivity index (χ2v) is 10.3. The maximum absolute atomic E-state index is 12.9. The van der Waals surface area contributed by atoms with Crippen LogP contribution in [0.2, 0.25) is 0 Å². The molecule has 0 bridgehead atoms. The Bertz CT molecular complexity index is 1430. The van der Waals surface area contributed by atoms with E-state index in [4.69, 9.17) is 4.98 Å². The Hall–Kier alpha value is -2.82. The van der Waals surface area contributed by atoms with Gasteiger partial charge < -0.3 is 9.55 Å². The highest BCUT2D eigenvalue weighted by atomic mass is 32.2. The van der Waals surface area contributed by atoms with Crippen molar-refractivity contribution in [2.24, 2.45) is 0 Å². The Morgan fingerprint density at radius 1 is 1.16 bits per heavy atom. The van der Waals surface area contributed by atoms with Gasteiger partial charge in [0.1, 0.15) is 10.7 Å². The molecule has 10 heteroatoms. The first-order chi connectivity index (χ1) is 15.6. The molecule has 162 valence electrons. The third-order valence-electron chi connectivity index (χ3n) is 4.94. The van der Waals surface area contributed by atoms with Crippen LogP contribution in [0.1, 0.15) is 24.0 Å². The lowest BCUT2D eigenvalue weighted by Crippen LogP contribution is -2.11. The van der Waals surface area contributed by atoms with Gasteiger partial charge in [-0.2, -0.15) is 0 Å². The monoisotopic (exact) mass is 480 g/mol. The summed E-state index contributed by atoms with van der Waals surface area (Å²) in [5.74, 6) is 1.97. The number of nitrogens with one attached hydrogen (secondary N) is 1. The molecule has 5 aromatic heterocycles. The van der Waals surface area contributed by atoms with Gasteiger partial charge in [-0.05, 0) is 37.6 Å². The van der Waals surface area contributed by atoms with Crippen molar-refractivity contribution in [2.45, 2.75) is 37.7 Å². The number of thiophene rings is 2. The Balaban J connectivity index is 1.42. The van der Waals surface area contributed by atoms with E-state index in [1.165, 1.54) is 28.0 Å². The summed E-state index contributed by atoms with van der Waals surface area (Å²) in [7, 11) is 0. The molecule has 0 saturated carbocycles. The van der Waals surface area contributed by atoms with Gasteiger partial charge in [-0.1, -0.05) is 18.7 Å². The van der Waals surface area contributed by atoms with E-state index in [2.05, 4.69) is 50.7 Å². The molecule has 0 aromatic carbocycles. The molecule has 0 saturated heterocycles. The number of thioether (sulfide) groups is 1. The van der Waals surface area contributed by atoms with Gasteiger partial charge in [0.05, 0.1) is 11.1 Å². The lowest BCUT2D eigenvalue weighted by atomic mass is 10.2. The second kappa shape index (κ2) is 8.97. The summed E-state index contributed by atoms with van der Waals surface area (Å²) in [6.07, 6.45) is 4.47. The van der Waals surface area contributed by atoms with Crippen molar-refractivity contribution in [1.29, 1.82) is 0 Å². The first kappa shape index (κ1) is 21.0. The van der Waals surface area contributed by atoms with Crippen LogP contribution in [-0.4, -0.2) is 29.7 Å². The molecule has 5 aromatic rings. The van der Waals surface area contributed by atoms with E-state index < -0.39 is 0 Å². The van der Waals surface area contributed by atoms with Gasteiger partial charge in [-0.15, -0.1) is 32.9 Å². The van der Waals surface area contributed by atoms with E-state index in [1.807, 2.05) is 17.5 Å². The number of hydrogen-bond acceptors (Lipinski definition) is 8. The number of aryl methyl sites for hydroxylation is 1. The number of H-pyrrole nitrogens is 1. The molecule has 0 amide bonds. The van der Waals surface area contributed by atoms with Gasteiger partial charge in [0.2, 0.25) is 0 Å². The first-order valence-electron chi connectivity index (χ1n) is 10.2. The molecule has 5 rings (SSSR count). The molecule has 0 radical (unpaired) electrons. The Morgan fingerprint density at radius 3 is 2.75 bits per heavy atom. The highest BCUT2D eigenvalue weighted by molar-refractivity contribution is 7.98. The zero-order valence-electron chi connectivity index (χ0n) is 17.5. The standard InChI is InChI=1S/C22H20N6OS3/c1-3-10-28-19(14-6-8-23-9-7-14)26-27-22(28)31-12-17-24-20(29)18-15(11-30-21(18)25-17)16-5-4-13(2)32-16/h4-9,11H,3,10,12H2,1-2H3,(H,24,25,29). The third-order valence-corrected chi connectivity index (χ3v) is 7.82. The van der Waals surface area contributed by atoms with Crippen LogP contribution in [-0.2, 0) is 12.3 Å². The minimum Gasteiger partial charge on any atom is -0.309 e. The van der Waals surface area contributed by atoms with E-state index in [0.717, 1.165) is 44.8 Å². The zero-order chi connectivity index (χ0) is 22.1. The van der Waals surface area contributed by atoms with E-state index >= 15 is 0 Å². The Labute approximate surface area is 196 Å². The number of aromatic amines is 1. The fraction of sp³-hybridized carbons (Fsp3) is 0.227. The van der Waals surface area contributed by atoms with Crippen molar-refractivity contribution in [3.63, 3.8) is 0 Å². The Morgan fingerprint density at radius 2 is 2.00 bits per heavy atom. The quantitative estimate of drug-likeness (QED) is 0.315. The summed E-state index contributed by atoms with van der Waals surface area (Å²) in [5, 5.41) is 12.3. The van der Waals surface area contributed by atoms with E-state index in [0.29, 0.717) is 17.0 Å². The normalized spacial score (nSPS) is 11.4. The van der Waals surface area contributed by atoms with Crippen molar-refractivity contribution < 1.29 is 0 Å². The number of hydrogen-bond donors (Lipinski definition) is 1. The minimum atomic E-state index is -0.0968. The maximum atomic E-state index is 12.9. The largest absolute Gasteiger partial charge is 0.309 e. The smallest absolute Gasteiger partial charge is 0.260 e. The molecule has 0 unspecified atom stereocenters. The number of fused-ring (bicyclic) bond motifs is 1. The number of pyridine rings is 1. The Kier molecular flexibility index (Phi) is 5.90. The molecule has 0 aliphatic rings. The molecule has 0 atom stereocenters. The zero-order valence-corrected chi connectivity index (χ0v) is 20.0. The van der Waals surface area contributed by atoms with Crippen LogP contribution < -0.4 is 5.56 Å². The summed E-state index contributed by atoms with van der Waals surface area (Å²) < 4.78 is 2.11. The van der Waals surface area contributed by atoms with Crippen LogP contribution in [0.3, 0.4) is 0 Å². The first-order valence-corrected chi connectivity index (χ1v) is 12.9. The third kappa shape index (κ3) is 4.01. The van der Waals surface area contributed by atoms with Crippen molar-refractivity contribution in [1.82, 2.24) is 29.7 Å².